The van der Waals surface area contributed by atoms with Crippen LogP contribution >= 0.6 is 0 Å². The zero-order chi connectivity index (χ0) is 11.5. The van der Waals surface area contributed by atoms with Gasteiger partial charge in [-0.25, -0.2) is 0 Å². The quantitative estimate of drug-likeness (QED) is 0.772. The van der Waals surface area contributed by atoms with Gasteiger partial charge in [-0.1, -0.05) is 0 Å². The number of carbonyl (C=O) groups is 1. The summed E-state index contributed by atoms with van der Waals surface area (Å²) in [5.41, 5.74) is 6.90. The first kappa shape index (κ1) is 11.7. The highest BCUT2D eigenvalue weighted by Crippen LogP contribution is 2.01. The third kappa shape index (κ3) is 4.08. The molecule has 0 saturated heterocycles. The maximum absolute atomic E-state index is 11.6. The molecule has 0 spiro atoms. The van der Waals surface area contributed by atoms with Crippen LogP contribution in [0.5, 0.6) is 0 Å². The van der Waals surface area contributed by atoms with Gasteiger partial charge in [-0.2, -0.15) is 0 Å². The van der Waals surface area contributed by atoms with Crippen molar-refractivity contribution in [2.24, 2.45) is 5.73 Å². The van der Waals surface area contributed by atoms with E-state index in [0.717, 1.165) is 5.56 Å². The van der Waals surface area contributed by atoms with Crippen LogP contribution in [0, 0.1) is 6.92 Å². The molecule has 0 aliphatic rings. The number of aryl methyl sites for hydroxylation is 1. The molecule has 15 heavy (non-hydrogen) atoms. The van der Waals surface area contributed by atoms with Gasteiger partial charge in [-0.15, -0.1) is 0 Å². The first-order valence-electron chi connectivity index (χ1n) is 4.87. The van der Waals surface area contributed by atoms with Crippen LogP contribution in [0.1, 0.15) is 29.8 Å². The third-order valence-electron chi connectivity index (χ3n) is 1.84. The van der Waals surface area contributed by atoms with E-state index in [1.807, 2.05) is 20.8 Å². The fourth-order valence-corrected chi connectivity index (χ4v) is 1.09. The fraction of sp³-hybridized carbons (Fsp3) is 0.455. The molecule has 4 heteroatoms. The summed E-state index contributed by atoms with van der Waals surface area (Å²) in [7, 11) is 0. The van der Waals surface area contributed by atoms with Crippen molar-refractivity contribution < 1.29 is 4.79 Å². The minimum absolute atomic E-state index is 0.135. The molecule has 0 saturated carbocycles. The number of hydrogen-bond acceptors (Lipinski definition) is 3. The van der Waals surface area contributed by atoms with Crippen molar-refractivity contribution in [1.82, 2.24) is 10.3 Å². The summed E-state index contributed by atoms with van der Waals surface area (Å²) in [4.78, 5) is 15.6. The molecule has 3 N–H and O–H groups in total. The van der Waals surface area contributed by atoms with Gasteiger partial charge < -0.3 is 11.1 Å². The molecule has 1 aromatic rings. The number of rotatable bonds is 3. The minimum atomic E-state index is -0.396. The van der Waals surface area contributed by atoms with Crippen LogP contribution in [0.4, 0.5) is 0 Å². The number of amides is 1. The van der Waals surface area contributed by atoms with Crippen molar-refractivity contribution in [2.75, 3.05) is 6.54 Å². The van der Waals surface area contributed by atoms with E-state index in [4.69, 9.17) is 5.73 Å². The summed E-state index contributed by atoms with van der Waals surface area (Å²) in [6, 6.07) is 1.80. The van der Waals surface area contributed by atoms with E-state index in [1.165, 1.54) is 0 Å². The smallest absolute Gasteiger partial charge is 0.252 e. The molecule has 0 aromatic carbocycles. The Morgan fingerprint density at radius 2 is 2.20 bits per heavy atom. The SMILES string of the molecule is Cc1cncc(C(=O)NCC(C)(C)N)c1. The summed E-state index contributed by atoms with van der Waals surface area (Å²) in [6.45, 7) is 6.07. The lowest BCUT2D eigenvalue weighted by Gasteiger charge is -2.18. The Morgan fingerprint density at radius 1 is 1.53 bits per heavy atom. The Labute approximate surface area is 89.9 Å². The number of hydrogen-bond donors (Lipinski definition) is 2. The van der Waals surface area contributed by atoms with Gasteiger partial charge in [0, 0.05) is 24.5 Å². The lowest BCUT2D eigenvalue weighted by molar-refractivity contribution is 0.0945. The molecule has 0 radical (unpaired) electrons. The lowest BCUT2D eigenvalue weighted by Crippen LogP contribution is -2.45. The number of aromatic nitrogens is 1. The summed E-state index contributed by atoms with van der Waals surface area (Å²) >= 11 is 0. The van der Waals surface area contributed by atoms with Crippen molar-refractivity contribution in [2.45, 2.75) is 26.3 Å². The predicted molar refractivity (Wildman–Crippen MR) is 59.6 cm³/mol. The van der Waals surface area contributed by atoms with Gasteiger partial charge in [-0.3, -0.25) is 9.78 Å². The molecule has 0 aliphatic carbocycles. The van der Waals surface area contributed by atoms with E-state index < -0.39 is 5.54 Å². The third-order valence-corrected chi connectivity index (χ3v) is 1.84. The zero-order valence-electron chi connectivity index (χ0n) is 9.37. The molecule has 0 bridgehead atoms. The van der Waals surface area contributed by atoms with Crippen LogP contribution in [0.3, 0.4) is 0 Å². The second-order valence-corrected chi connectivity index (χ2v) is 4.42. The number of carbonyl (C=O) groups excluding carboxylic acids is 1. The van der Waals surface area contributed by atoms with Crippen LogP contribution in [0.25, 0.3) is 0 Å². The molecule has 1 amide bonds. The minimum Gasteiger partial charge on any atom is -0.350 e. The summed E-state index contributed by atoms with van der Waals surface area (Å²) in [5, 5.41) is 2.76. The van der Waals surface area contributed by atoms with Crippen molar-refractivity contribution in [3.8, 4) is 0 Å². The Morgan fingerprint density at radius 3 is 2.73 bits per heavy atom. The Bertz CT molecular complexity index is 355. The van der Waals surface area contributed by atoms with Crippen molar-refractivity contribution >= 4 is 5.91 Å². The Kier molecular flexibility index (Phi) is 3.42. The first-order chi connectivity index (χ1) is 6.88. The van der Waals surface area contributed by atoms with Gasteiger partial charge in [-0.05, 0) is 32.4 Å². The number of nitrogens with one attached hydrogen (secondary N) is 1. The van der Waals surface area contributed by atoms with Crippen molar-refractivity contribution in [1.29, 1.82) is 0 Å². The molecule has 1 aromatic heterocycles. The Balaban J connectivity index is 2.62. The van der Waals surface area contributed by atoms with Gasteiger partial charge in [0.1, 0.15) is 0 Å². The highest BCUT2D eigenvalue weighted by molar-refractivity contribution is 5.94. The monoisotopic (exact) mass is 207 g/mol. The van der Waals surface area contributed by atoms with Crippen LogP contribution < -0.4 is 11.1 Å². The molecule has 0 aliphatic heterocycles. The van der Waals surface area contributed by atoms with E-state index >= 15 is 0 Å². The van der Waals surface area contributed by atoms with Gasteiger partial charge in [0.15, 0.2) is 0 Å². The average molecular weight is 207 g/mol. The van der Waals surface area contributed by atoms with E-state index in [0.29, 0.717) is 12.1 Å². The van der Waals surface area contributed by atoms with E-state index in [2.05, 4.69) is 10.3 Å². The first-order valence-corrected chi connectivity index (χ1v) is 4.87. The Hall–Kier alpha value is -1.42. The van der Waals surface area contributed by atoms with Gasteiger partial charge in [0.2, 0.25) is 0 Å². The summed E-state index contributed by atoms with van der Waals surface area (Å²) < 4.78 is 0. The molecule has 1 rings (SSSR count). The molecule has 0 unspecified atom stereocenters. The predicted octanol–water partition coefficient (Wildman–Crippen LogP) is 0.857. The van der Waals surface area contributed by atoms with Crippen LogP contribution in [-0.4, -0.2) is 23.0 Å². The van der Waals surface area contributed by atoms with E-state index in [9.17, 15) is 4.79 Å². The van der Waals surface area contributed by atoms with E-state index in [-0.39, 0.29) is 5.91 Å². The molecule has 82 valence electrons. The molecule has 4 nitrogen and oxygen atoms in total. The maximum Gasteiger partial charge on any atom is 0.252 e. The van der Waals surface area contributed by atoms with Crippen molar-refractivity contribution in [3.05, 3.63) is 29.6 Å². The second-order valence-electron chi connectivity index (χ2n) is 4.42. The molecule has 1 heterocycles. The average Bonchev–Trinajstić information content (AvgIpc) is 2.13. The summed E-state index contributed by atoms with van der Waals surface area (Å²) in [5.74, 6) is -0.135. The fourth-order valence-electron chi connectivity index (χ4n) is 1.09. The maximum atomic E-state index is 11.6. The topological polar surface area (TPSA) is 68.0 Å². The number of nitrogens with two attached hydrogens (primary N) is 1. The van der Waals surface area contributed by atoms with Gasteiger partial charge >= 0.3 is 0 Å². The normalized spacial score (nSPS) is 11.2. The zero-order valence-corrected chi connectivity index (χ0v) is 9.37. The molecule has 0 atom stereocenters. The molecule has 0 fully saturated rings. The second kappa shape index (κ2) is 4.40. The molecular formula is C11H17N3O. The highest BCUT2D eigenvalue weighted by Gasteiger charge is 2.13. The van der Waals surface area contributed by atoms with Gasteiger partial charge in [0.05, 0.1) is 5.56 Å². The highest BCUT2D eigenvalue weighted by atomic mass is 16.1. The largest absolute Gasteiger partial charge is 0.350 e. The number of pyridine rings is 1. The van der Waals surface area contributed by atoms with Gasteiger partial charge in [0.25, 0.3) is 5.91 Å². The molecular weight excluding hydrogens is 190 g/mol. The summed E-state index contributed by atoms with van der Waals surface area (Å²) in [6.07, 6.45) is 3.26. The van der Waals surface area contributed by atoms with Crippen LogP contribution in [0.2, 0.25) is 0 Å². The number of nitrogens with zero attached hydrogens (tertiary/aromatic N) is 1. The van der Waals surface area contributed by atoms with E-state index in [1.54, 1.807) is 18.5 Å². The van der Waals surface area contributed by atoms with Crippen molar-refractivity contribution in [3.63, 3.8) is 0 Å². The standard InChI is InChI=1S/C11H17N3O/c1-8-4-9(6-13-5-8)10(15)14-7-11(2,3)12/h4-6H,7,12H2,1-3H3,(H,14,15). The van der Waals surface area contributed by atoms with Crippen LogP contribution in [0.15, 0.2) is 18.5 Å². The van der Waals surface area contributed by atoms with Crippen LogP contribution in [-0.2, 0) is 0 Å². The lowest BCUT2D eigenvalue weighted by atomic mass is 10.1.